The van der Waals surface area contributed by atoms with Crippen LogP contribution in [0.15, 0.2) is 52.9 Å². The van der Waals surface area contributed by atoms with E-state index < -0.39 is 27.9 Å². The minimum Gasteiger partial charge on any atom is -0.385 e. The predicted octanol–water partition coefficient (Wildman–Crippen LogP) is 4.32. The second kappa shape index (κ2) is 12.6. The molecule has 3 N–H and O–H groups in total. The molecule has 1 aromatic carbocycles. The Morgan fingerprint density at radius 1 is 1.02 bits per heavy atom. The van der Waals surface area contributed by atoms with E-state index in [0.29, 0.717) is 11.1 Å². The third-order valence-electron chi connectivity index (χ3n) is 6.83. The van der Waals surface area contributed by atoms with Crippen molar-refractivity contribution >= 4 is 68.0 Å². The van der Waals surface area contributed by atoms with E-state index in [1.54, 1.807) is 6.07 Å². The number of nitrogens with one attached hydrogen (secondary N) is 3. The molecule has 0 unspecified atom stereocenters. The minimum absolute atomic E-state index is 0.0407. The monoisotopic (exact) mass is 616 g/mol. The summed E-state index contributed by atoms with van der Waals surface area (Å²) in [6, 6.07) is 9.93. The number of benzene rings is 1. The van der Waals surface area contributed by atoms with Gasteiger partial charge in [0.15, 0.2) is 0 Å². The molecule has 0 spiro atoms. The highest BCUT2D eigenvalue weighted by molar-refractivity contribution is 7.92. The van der Waals surface area contributed by atoms with Gasteiger partial charge in [-0.15, -0.1) is 11.3 Å². The van der Waals surface area contributed by atoms with E-state index in [1.165, 1.54) is 62.8 Å². The van der Waals surface area contributed by atoms with Crippen molar-refractivity contribution in [2.75, 3.05) is 41.7 Å². The SMILES string of the molecule is O=C(Nc1ccc(N2C(=O)Cc3cc(NCCCN4CCCCC4)ccc3C2=O)nc1)NS(=O)(=O)c1ccc(Cl)s1. The van der Waals surface area contributed by atoms with Crippen molar-refractivity contribution in [2.45, 2.75) is 36.3 Å². The van der Waals surface area contributed by atoms with Gasteiger partial charge in [0, 0.05) is 17.8 Å². The number of thiophene rings is 1. The number of hydrogen-bond donors (Lipinski definition) is 3. The number of fused-ring (bicyclic) bond motifs is 1. The number of halogens is 1. The number of rotatable bonds is 9. The summed E-state index contributed by atoms with van der Waals surface area (Å²) in [5.41, 5.74) is 2.11. The summed E-state index contributed by atoms with van der Waals surface area (Å²) >= 11 is 6.59. The number of amides is 4. The number of carbonyl (C=O) groups is 3. The van der Waals surface area contributed by atoms with Gasteiger partial charge >= 0.3 is 6.03 Å². The van der Waals surface area contributed by atoms with Crippen molar-refractivity contribution in [2.24, 2.45) is 0 Å². The maximum Gasteiger partial charge on any atom is 0.333 e. The van der Waals surface area contributed by atoms with Crippen molar-refractivity contribution in [3.8, 4) is 0 Å². The van der Waals surface area contributed by atoms with Crippen LogP contribution in [0, 0.1) is 0 Å². The molecule has 2 aliphatic rings. The summed E-state index contributed by atoms with van der Waals surface area (Å²) in [5.74, 6) is -0.812. The number of urea groups is 1. The van der Waals surface area contributed by atoms with E-state index in [-0.39, 0.29) is 26.5 Å². The zero-order valence-corrected chi connectivity index (χ0v) is 24.4. The molecule has 2 aliphatic heterocycles. The standard InChI is InChI=1S/C27H29ClN6O5S2/c28-22-8-10-25(40-22)41(38,39)32-27(37)31-20-6-9-23(30-17-20)34-24(35)16-18-15-19(5-7-21(18)26(34)36)29-11-4-14-33-12-2-1-3-13-33/h5-10,15,17,29H,1-4,11-14,16H2,(H2,31,32,37). The van der Waals surface area contributed by atoms with Crippen molar-refractivity contribution in [1.29, 1.82) is 0 Å². The van der Waals surface area contributed by atoms with Crippen molar-refractivity contribution in [1.82, 2.24) is 14.6 Å². The molecule has 0 bridgehead atoms. The normalized spacial score (nSPS) is 15.9. The van der Waals surface area contributed by atoms with E-state index in [9.17, 15) is 22.8 Å². The quantitative estimate of drug-likeness (QED) is 0.238. The zero-order chi connectivity index (χ0) is 29.0. The third-order valence-corrected chi connectivity index (χ3v) is 9.89. The number of anilines is 3. The van der Waals surface area contributed by atoms with Crippen LogP contribution in [0.3, 0.4) is 0 Å². The van der Waals surface area contributed by atoms with Gasteiger partial charge in [0.2, 0.25) is 5.91 Å². The van der Waals surface area contributed by atoms with Gasteiger partial charge in [-0.3, -0.25) is 9.59 Å². The van der Waals surface area contributed by atoms with Gasteiger partial charge in [-0.05, 0) is 86.9 Å². The van der Waals surface area contributed by atoms with Crippen LogP contribution in [-0.4, -0.2) is 62.3 Å². The average Bonchev–Trinajstić information content (AvgIpc) is 3.39. The van der Waals surface area contributed by atoms with E-state index in [1.807, 2.05) is 16.9 Å². The molecule has 41 heavy (non-hydrogen) atoms. The summed E-state index contributed by atoms with van der Waals surface area (Å²) < 4.78 is 26.7. The summed E-state index contributed by atoms with van der Waals surface area (Å²) in [4.78, 5) is 46.1. The molecule has 0 radical (unpaired) electrons. The van der Waals surface area contributed by atoms with Crippen LogP contribution in [0.2, 0.25) is 4.34 Å². The number of nitrogens with zero attached hydrogens (tertiary/aromatic N) is 3. The summed E-state index contributed by atoms with van der Waals surface area (Å²) in [6.07, 6.45) is 6.14. The third kappa shape index (κ3) is 7.04. The smallest absolute Gasteiger partial charge is 0.333 e. The Bertz CT molecular complexity index is 1550. The second-order valence-corrected chi connectivity index (χ2v) is 13.4. The van der Waals surface area contributed by atoms with Crippen molar-refractivity contribution in [3.63, 3.8) is 0 Å². The Hall–Kier alpha value is -3.52. The van der Waals surface area contributed by atoms with Gasteiger partial charge < -0.3 is 15.5 Å². The highest BCUT2D eigenvalue weighted by atomic mass is 35.5. The lowest BCUT2D eigenvalue weighted by Crippen LogP contribution is -2.43. The molecule has 1 saturated heterocycles. The Morgan fingerprint density at radius 3 is 2.51 bits per heavy atom. The van der Waals surface area contributed by atoms with E-state index in [2.05, 4.69) is 20.5 Å². The van der Waals surface area contributed by atoms with Crippen LogP contribution in [0.4, 0.5) is 22.0 Å². The topological polar surface area (TPSA) is 141 Å². The van der Waals surface area contributed by atoms with Gasteiger partial charge in [0.05, 0.1) is 22.6 Å². The molecule has 0 aliphatic carbocycles. The molecule has 1 fully saturated rings. The number of imide groups is 1. The van der Waals surface area contributed by atoms with Gasteiger partial charge in [-0.25, -0.2) is 27.8 Å². The first-order chi connectivity index (χ1) is 19.7. The Labute approximate surface area is 246 Å². The number of pyridine rings is 1. The lowest BCUT2D eigenvalue weighted by Gasteiger charge is -2.27. The first kappa shape index (κ1) is 29.0. The van der Waals surface area contributed by atoms with Crippen LogP contribution in [0.25, 0.3) is 0 Å². The van der Waals surface area contributed by atoms with E-state index in [4.69, 9.17) is 11.6 Å². The van der Waals surface area contributed by atoms with Crippen LogP contribution in [0.1, 0.15) is 41.6 Å². The Kier molecular flexibility index (Phi) is 8.88. The molecular formula is C27H29ClN6O5S2. The van der Waals surface area contributed by atoms with Crippen LogP contribution in [0.5, 0.6) is 0 Å². The molecule has 11 nitrogen and oxygen atoms in total. The Morgan fingerprint density at radius 2 is 1.80 bits per heavy atom. The first-order valence-electron chi connectivity index (χ1n) is 13.2. The van der Waals surface area contributed by atoms with E-state index in [0.717, 1.165) is 41.4 Å². The number of carbonyl (C=O) groups excluding carboxylic acids is 3. The predicted molar refractivity (Wildman–Crippen MR) is 158 cm³/mol. The number of likely N-dealkylation sites (tertiary alicyclic amines) is 1. The molecule has 14 heteroatoms. The molecule has 2 aromatic heterocycles. The summed E-state index contributed by atoms with van der Waals surface area (Å²) in [6.45, 7) is 4.19. The highest BCUT2D eigenvalue weighted by Crippen LogP contribution is 2.28. The highest BCUT2D eigenvalue weighted by Gasteiger charge is 2.33. The van der Waals surface area contributed by atoms with Crippen molar-refractivity contribution in [3.05, 3.63) is 64.1 Å². The minimum atomic E-state index is -4.09. The summed E-state index contributed by atoms with van der Waals surface area (Å²) in [5, 5.41) is 5.77. The zero-order valence-electron chi connectivity index (χ0n) is 22.1. The van der Waals surface area contributed by atoms with Crippen LogP contribution >= 0.6 is 22.9 Å². The van der Waals surface area contributed by atoms with Gasteiger partial charge in [-0.2, -0.15) is 0 Å². The lowest BCUT2D eigenvalue weighted by atomic mass is 9.97. The molecule has 4 heterocycles. The van der Waals surface area contributed by atoms with Crippen LogP contribution < -0.4 is 20.3 Å². The fourth-order valence-electron chi connectivity index (χ4n) is 4.85. The Balaban J connectivity index is 1.17. The molecule has 0 atom stereocenters. The van der Waals surface area contributed by atoms with Crippen LogP contribution in [-0.2, 0) is 21.2 Å². The lowest BCUT2D eigenvalue weighted by molar-refractivity contribution is -0.117. The molecule has 0 saturated carbocycles. The second-order valence-electron chi connectivity index (χ2n) is 9.79. The van der Waals surface area contributed by atoms with Crippen molar-refractivity contribution < 1.29 is 22.8 Å². The van der Waals surface area contributed by atoms with Gasteiger partial charge in [-0.1, -0.05) is 18.0 Å². The first-order valence-corrected chi connectivity index (χ1v) is 15.9. The van der Waals surface area contributed by atoms with Gasteiger partial charge in [0.25, 0.3) is 15.9 Å². The number of aromatic nitrogens is 1. The average molecular weight is 617 g/mol. The van der Waals surface area contributed by atoms with E-state index >= 15 is 0 Å². The fraction of sp³-hybridized carbons (Fsp3) is 0.333. The maximum atomic E-state index is 13.2. The largest absolute Gasteiger partial charge is 0.385 e. The number of hydrogen-bond acceptors (Lipinski definition) is 9. The number of piperidine rings is 1. The maximum absolute atomic E-state index is 13.2. The fourth-order valence-corrected chi connectivity index (χ4v) is 7.24. The molecule has 4 amide bonds. The molecular weight excluding hydrogens is 588 g/mol. The number of sulfonamides is 1. The van der Waals surface area contributed by atoms with Gasteiger partial charge in [0.1, 0.15) is 10.0 Å². The molecule has 3 aromatic rings. The summed E-state index contributed by atoms with van der Waals surface area (Å²) in [7, 11) is -4.09. The molecule has 216 valence electrons. The molecule has 5 rings (SSSR count).